The molecular weight excluding hydrogens is 420 g/mol. The van der Waals surface area contributed by atoms with Crippen LogP contribution in [-0.4, -0.2) is 40.4 Å². The molecule has 0 bridgehead atoms. The topological polar surface area (TPSA) is 58.1 Å². The molecule has 0 unspecified atom stereocenters. The molecule has 1 N–H and O–H groups in total. The number of hydrogen-bond donors (Lipinski definition) is 1. The maximum absolute atomic E-state index is 12.3. The molecule has 3 aromatic rings. The van der Waals surface area contributed by atoms with Crippen LogP contribution >= 0.6 is 11.6 Å². The van der Waals surface area contributed by atoms with Gasteiger partial charge in [-0.2, -0.15) is 0 Å². The van der Waals surface area contributed by atoms with E-state index < -0.39 is 0 Å². The molecular formula is C26H29ClN4O. The number of aromatic nitrogens is 2. The molecule has 1 saturated heterocycles. The van der Waals surface area contributed by atoms with Crippen molar-refractivity contribution in [3.8, 4) is 0 Å². The van der Waals surface area contributed by atoms with E-state index >= 15 is 0 Å². The highest BCUT2D eigenvalue weighted by Crippen LogP contribution is 2.28. The van der Waals surface area contributed by atoms with Crippen molar-refractivity contribution in [2.24, 2.45) is 0 Å². The van der Waals surface area contributed by atoms with Gasteiger partial charge >= 0.3 is 0 Å². The Kier molecular flexibility index (Phi) is 7.51. The summed E-state index contributed by atoms with van der Waals surface area (Å²) >= 11 is 6.01. The summed E-state index contributed by atoms with van der Waals surface area (Å²) in [5.74, 6) is 0.486. The van der Waals surface area contributed by atoms with E-state index in [0.717, 1.165) is 48.8 Å². The minimum Gasteiger partial charge on any atom is -0.349 e. The Morgan fingerprint density at radius 2 is 1.88 bits per heavy atom. The molecule has 0 atom stereocenters. The number of pyridine rings is 2. The number of nitrogens with zero attached hydrogens (tertiary/aromatic N) is 3. The molecule has 0 saturated carbocycles. The normalized spacial score (nSPS) is 14.9. The predicted molar refractivity (Wildman–Crippen MR) is 128 cm³/mol. The summed E-state index contributed by atoms with van der Waals surface area (Å²) in [6.45, 7) is 4.78. The van der Waals surface area contributed by atoms with Crippen LogP contribution in [0.1, 0.15) is 47.0 Å². The number of benzene rings is 1. The number of carbonyl (C=O) groups excluding carboxylic acids is 1. The Bertz CT molecular complexity index is 1030. The van der Waals surface area contributed by atoms with Crippen LogP contribution in [0.25, 0.3) is 0 Å². The van der Waals surface area contributed by atoms with Crippen LogP contribution in [0, 0.1) is 6.92 Å². The van der Waals surface area contributed by atoms with Crippen molar-refractivity contribution in [2.75, 3.05) is 19.6 Å². The first-order valence-electron chi connectivity index (χ1n) is 11.2. The number of aryl methyl sites for hydroxylation is 1. The summed E-state index contributed by atoms with van der Waals surface area (Å²) in [6, 6.07) is 18.2. The fourth-order valence-corrected chi connectivity index (χ4v) is 4.38. The number of likely N-dealkylation sites (tertiary alicyclic amines) is 1. The van der Waals surface area contributed by atoms with E-state index in [1.54, 1.807) is 6.20 Å². The van der Waals surface area contributed by atoms with E-state index in [2.05, 4.69) is 46.4 Å². The molecule has 1 fully saturated rings. The summed E-state index contributed by atoms with van der Waals surface area (Å²) in [5.41, 5.74) is 5.64. The summed E-state index contributed by atoms with van der Waals surface area (Å²) in [6.07, 6.45) is 4.66. The summed E-state index contributed by atoms with van der Waals surface area (Å²) < 4.78 is 0. The Labute approximate surface area is 194 Å². The zero-order chi connectivity index (χ0) is 22.3. The van der Waals surface area contributed by atoms with Gasteiger partial charge in [-0.15, -0.1) is 0 Å². The van der Waals surface area contributed by atoms with Crippen molar-refractivity contribution in [2.45, 2.75) is 38.6 Å². The van der Waals surface area contributed by atoms with Crippen LogP contribution in [0.15, 0.2) is 60.8 Å². The van der Waals surface area contributed by atoms with Gasteiger partial charge < -0.3 is 5.32 Å². The molecule has 2 aromatic heterocycles. The van der Waals surface area contributed by atoms with Crippen molar-refractivity contribution in [3.05, 3.63) is 94.0 Å². The van der Waals surface area contributed by atoms with Gasteiger partial charge in [-0.05, 0) is 86.8 Å². The highest BCUT2D eigenvalue weighted by Gasteiger charge is 2.23. The van der Waals surface area contributed by atoms with Crippen LogP contribution in [0.3, 0.4) is 0 Å². The van der Waals surface area contributed by atoms with E-state index in [0.29, 0.717) is 19.0 Å². The third-order valence-corrected chi connectivity index (χ3v) is 6.17. The maximum atomic E-state index is 12.3. The van der Waals surface area contributed by atoms with Crippen LogP contribution in [-0.2, 0) is 17.8 Å². The molecule has 6 heteroatoms. The molecule has 3 heterocycles. The van der Waals surface area contributed by atoms with Crippen molar-refractivity contribution in [3.63, 3.8) is 0 Å². The number of nitrogens with one attached hydrogen (secondary N) is 1. The number of piperidine rings is 1. The van der Waals surface area contributed by atoms with E-state index in [9.17, 15) is 4.79 Å². The second-order valence-corrected chi connectivity index (χ2v) is 8.93. The standard InChI is InChI=1S/C26H29ClN4O/c1-19-14-21(15-20-5-7-23(27)8-6-20)16-25(30-19)22-9-12-31(13-10-22)18-26(32)29-17-24-4-2-3-11-28-24/h2-8,11,14,16,22H,9-10,12-13,15,17-18H2,1H3,(H,29,32). The molecule has 166 valence electrons. The zero-order valence-electron chi connectivity index (χ0n) is 18.4. The quantitative estimate of drug-likeness (QED) is 0.577. The summed E-state index contributed by atoms with van der Waals surface area (Å²) in [4.78, 5) is 23.6. The molecule has 0 radical (unpaired) electrons. The third-order valence-electron chi connectivity index (χ3n) is 5.92. The van der Waals surface area contributed by atoms with Gasteiger partial charge in [0.1, 0.15) is 0 Å². The molecule has 0 aliphatic carbocycles. The summed E-state index contributed by atoms with van der Waals surface area (Å²) in [7, 11) is 0. The minimum atomic E-state index is 0.0491. The van der Waals surface area contributed by atoms with Crippen molar-refractivity contribution in [1.82, 2.24) is 20.2 Å². The van der Waals surface area contributed by atoms with Gasteiger partial charge in [-0.1, -0.05) is 29.8 Å². The van der Waals surface area contributed by atoms with Crippen LogP contribution in [0.5, 0.6) is 0 Å². The Balaban J connectivity index is 1.29. The lowest BCUT2D eigenvalue weighted by Crippen LogP contribution is -2.41. The van der Waals surface area contributed by atoms with Crippen LogP contribution in [0.2, 0.25) is 5.02 Å². The van der Waals surface area contributed by atoms with Gasteiger partial charge in [-0.25, -0.2) is 0 Å². The average molecular weight is 449 g/mol. The number of amides is 1. The highest BCUT2D eigenvalue weighted by atomic mass is 35.5. The summed E-state index contributed by atoms with van der Waals surface area (Å²) in [5, 5.41) is 3.73. The average Bonchev–Trinajstić information content (AvgIpc) is 2.80. The maximum Gasteiger partial charge on any atom is 0.234 e. The molecule has 1 aliphatic heterocycles. The first-order chi connectivity index (χ1) is 15.5. The van der Waals surface area contributed by atoms with Crippen molar-refractivity contribution in [1.29, 1.82) is 0 Å². The molecule has 32 heavy (non-hydrogen) atoms. The van der Waals surface area contributed by atoms with Gasteiger partial charge in [0.05, 0.1) is 18.8 Å². The zero-order valence-corrected chi connectivity index (χ0v) is 19.2. The smallest absolute Gasteiger partial charge is 0.234 e. The van der Waals surface area contributed by atoms with Crippen LogP contribution < -0.4 is 5.32 Å². The first-order valence-corrected chi connectivity index (χ1v) is 11.5. The lowest BCUT2D eigenvalue weighted by atomic mass is 9.91. The Hall–Kier alpha value is -2.76. The lowest BCUT2D eigenvalue weighted by molar-refractivity contribution is -0.122. The number of carbonyl (C=O) groups is 1. The van der Waals surface area contributed by atoms with Gasteiger partial charge in [0, 0.05) is 28.5 Å². The van der Waals surface area contributed by atoms with Gasteiger partial charge in [0.25, 0.3) is 0 Å². The highest BCUT2D eigenvalue weighted by molar-refractivity contribution is 6.30. The fraction of sp³-hybridized carbons (Fsp3) is 0.346. The van der Waals surface area contributed by atoms with Crippen LogP contribution in [0.4, 0.5) is 0 Å². The fourth-order valence-electron chi connectivity index (χ4n) is 4.25. The molecule has 1 amide bonds. The Morgan fingerprint density at radius 1 is 1.09 bits per heavy atom. The van der Waals surface area contributed by atoms with Crippen molar-refractivity contribution >= 4 is 17.5 Å². The monoisotopic (exact) mass is 448 g/mol. The Morgan fingerprint density at radius 3 is 2.59 bits per heavy atom. The van der Waals surface area contributed by atoms with E-state index in [4.69, 9.17) is 16.6 Å². The lowest BCUT2D eigenvalue weighted by Gasteiger charge is -2.31. The van der Waals surface area contributed by atoms with E-state index in [-0.39, 0.29) is 5.91 Å². The second-order valence-electron chi connectivity index (χ2n) is 8.49. The largest absolute Gasteiger partial charge is 0.349 e. The van der Waals surface area contributed by atoms with E-state index in [1.165, 1.54) is 16.8 Å². The number of rotatable bonds is 7. The minimum absolute atomic E-state index is 0.0491. The third kappa shape index (κ3) is 6.38. The SMILES string of the molecule is Cc1cc(Cc2ccc(Cl)cc2)cc(C2CCN(CC(=O)NCc3ccccn3)CC2)n1. The molecule has 1 aromatic carbocycles. The second kappa shape index (κ2) is 10.7. The molecule has 1 aliphatic rings. The van der Waals surface area contributed by atoms with Gasteiger partial charge in [-0.3, -0.25) is 19.7 Å². The van der Waals surface area contributed by atoms with Gasteiger partial charge in [0.15, 0.2) is 0 Å². The molecule has 4 rings (SSSR count). The number of hydrogen-bond acceptors (Lipinski definition) is 4. The van der Waals surface area contributed by atoms with Gasteiger partial charge in [0.2, 0.25) is 5.91 Å². The number of halogens is 1. The first kappa shape index (κ1) is 22.4. The predicted octanol–water partition coefficient (Wildman–Crippen LogP) is 4.53. The van der Waals surface area contributed by atoms with Crippen molar-refractivity contribution < 1.29 is 4.79 Å². The van der Waals surface area contributed by atoms with E-state index in [1.807, 2.05) is 30.3 Å². The molecule has 0 spiro atoms. The molecule has 5 nitrogen and oxygen atoms in total.